The van der Waals surface area contributed by atoms with Gasteiger partial charge in [-0.2, -0.15) is 0 Å². The number of carbonyl (C=O) groups excluding carboxylic acids is 1. The highest BCUT2D eigenvalue weighted by molar-refractivity contribution is 5.94. The summed E-state index contributed by atoms with van der Waals surface area (Å²) in [5.41, 5.74) is 3.52. The highest BCUT2D eigenvalue weighted by Crippen LogP contribution is 2.16. The van der Waals surface area contributed by atoms with E-state index in [9.17, 15) is 9.59 Å². The van der Waals surface area contributed by atoms with Gasteiger partial charge < -0.3 is 15.0 Å². The molecule has 1 aliphatic rings. The van der Waals surface area contributed by atoms with Crippen LogP contribution in [0.25, 0.3) is 11.3 Å². The Kier molecular flexibility index (Phi) is 6.83. The van der Waals surface area contributed by atoms with Gasteiger partial charge in [0.25, 0.3) is 11.5 Å². The molecule has 0 spiro atoms. The lowest BCUT2D eigenvalue weighted by Crippen LogP contribution is -2.44. The Balaban J connectivity index is 1.33. The SMILES string of the molecule is CC1CN(Cc2ccc(CNC(=O)c3ccc(-c4ccccc4)[nH]c3=O)cc2)CC(C)O1. The third kappa shape index (κ3) is 5.52. The maximum Gasteiger partial charge on any atom is 0.261 e. The zero-order valence-corrected chi connectivity index (χ0v) is 18.5. The maximum absolute atomic E-state index is 12.5. The molecule has 1 aliphatic heterocycles. The second-order valence-electron chi connectivity index (χ2n) is 8.43. The lowest BCUT2D eigenvalue weighted by molar-refractivity contribution is -0.0704. The van der Waals surface area contributed by atoms with E-state index in [1.165, 1.54) is 5.56 Å². The molecule has 0 bridgehead atoms. The first-order valence-electron chi connectivity index (χ1n) is 11.0. The van der Waals surface area contributed by atoms with Crippen molar-refractivity contribution in [2.24, 2.45) is 0 Å². The number of hydrogen-bond donors (Lipinski definition) is 2. The number of morpholine rings is 1. The van der Waals surface area contributed by atoms with E-state index in [-0.39, 0.29) is 23.7 Å². The van der Waals surface area contributed by atoms with Crippen molar-refractivity contribution < 1.29 is 9.53 Å². The summed E-state index contributed by atoms with van der Waals surface area (Å²) in [6, 6.07) is 21.1. The van der Waals surface area contributed by atoms with Crippen LogP contribution in [0.4, 0.5) is 0 Å². The molecule has 4 rings (SSSR count). The normalized spacial score (nSPS) is 18.9. The summed E-state index contributed by atoms with van der Waals surface area (Å²) in [6.07, 6.45) is 0.497. The lowest BCUT2D eigenvalue weighted by atomic mass is 10.1. The van der Waals surface area contributed by atoms with Crippen LogP contribution >= 0.6 is 0 Å². The molecule has 0 radical (unpaired) electrons. The average Bonchev–Trinajstić information content (AvgIpc) is 2.78. The first-order valence-corrected chi connectivity index (χ1v) is 11.0. The minimum Gasteiger partial charge on any atom is -0.373 e. The smallest absolute Gasteiger partial charge is 0.261 e. The van der Waals surface area contributed by atoms with Gasteiger partial charge in [0, 0.05) is 31.9 Å². The highest BCUT2D eigenvalue weighted by Gasteiger charge is 2.22. The molecule has 166 valence electrons. The zero-order valence-electron chi connectivity index (χ0n) is 18.5. The molecular formula is C26H29N3O3. The van der Waals surface area contributed by atoms with Gasteiger partial charge >= 0.3 is 0 Å². The molecule has 1 fully saturated rings. The molecule has 2 heterocycles. The van der Waals surface area contributed by atoms with Gasteiger partial charge in [0.2, 0.25) is 0 Å². The summed E-state index contributed by atoms with van der Waals surface area (Å²) in [7, 11) is 0. The zero-order chi connectivity index (χ0) is 22.5. The molecular weight excluding hydrogens is 402 g/mol. The Labute approximate surface area is 188 Å². The number of nitrogens with zero attached hydrogens (tertiary/aromatic N) is 1. The number of amides is 1. The fourth-order valence-corrected chi connectivity index (χ4v) is 4.15. The third-order valence-corrected chi connectivity index (χ3v) is 5.62. The van der Waals surface area contributed by atoms with Gasteiger partial charge in [-0.1, -0.05) is 54.6 Å². The average molecular weight is 432 g/mol. The summed E-state index contributed by atoms with van der Waals surface area (Å²) < 4.78 is 5.80. The molecule has 0 aliphatic carbocycles. The van der Waals surface area contributed by atoms with E-state index in [1.807, 2.05) is 42.5 Å². The van der Waals surface area contributed by atoms with E-state index in [0.717, 1.165) is 30.8 Å². The van der Waals surface area contributed by atoms with Crippen molar-refractivity contribution in [3.05, 3.63) is 93.8 Å². The molecule has 2 N–H and O–H groups in total. The van der Waals surface area contributed by atoms with E-state index in [4.69, 9.17) is 4.74 Å². The van der Waals surface area contributed by atoms with Crippen molar-refractivity contribution in [3.63, 3.8) is 0 Å². The van der Waals surface area contributed by atoms with E-state index < -0.39 is 5.56 Å². The number of hydrogen-bond acceptors (Lipinski definition) is 4. The van der Waals surface area contributed by atoms with Crippen molar-refractivity contribution in [1.82, 2.24) is 15.2 Å². The van der Waals surface area contributed by atoms with Gasteiger partial charge in [0.05, 0.1) is 12.2 Å². The molecule has 1 aromatic heterocycles. The number of ether oxygens (including phenoxy) is 1. The van der Waals surface area contributed by atoms with Gasteiger partial charge in [-0.3, -0.25) is 14.5 Å². The Morgan fingerprint density at radius 2 is 1.62 bits per heavy atom. The van der Waals surface area contributed by atoms with Crippen LogP contribution in [-0.2, 0) is 17.8 Å². The molecule has 2 aromatic carbocycles. The van der Waals surface area contributed by atoms with E-state index in [1.54, 1.807) is 12.1 Å². The summed E-state index contributed by atoms with van der Waals surface area (Å²) in [6.45, 7) is 7.32. The van der Waals surface area contributed by atoms with E-state index in [0.29, 0.717) is 12.2 Å². The number of pyridine rings is 1. The van der Waals surface area contributed by atoms with Crippen LogP contribution in [0.2, 0.25) is 0 Å². The van der Waals surface area contributed by atoms with Gasteiger partial charge in [-0.25, -0.2) is 0 Å². The van der Waals surface area contributed by atoms with Crippen molar-refractivity contribution in [2.75, 3.05) is 13.1 Å². The van der Waals surface area contributed by atoms with Crippen molar-refractivity contribution >= 4 is 5.91 Å². The van der Waals surface area contributed by atoms with Crippen LogP contribution in [0.1, 0.15) is 35.3 Å². The predicted octanol–water partition coefficient (Wildman–Crippen LogP) is 3.58. The van der Waals surface area contributed by atoms with E-state index >= 15 is 0 Å². The number of carbonyl (C=O) groups is 1. The van der Waals surface area contributed by atoms with Gasteiger partial charge in [0.1, 0.15) is 5.56 Å². The van der Waals surface area contributed by atoms with Crippen LogP contribution in [-0.4, -0.2) is 41.1 Å². The number of H-pyrrole nitrogens is 1. The maximum atomic E-state index is 12.5. The number of aromatic amines is 1. The summed E-state index contributed by atoms with van der Waals surface area (Å²) in [5.74, 6) is -0.383. The fraction of sp³-hybridized carbons (Fsp3) is 0.308. The minimum atomic E-state index is -0.395. The van der Waals surface area contributed by atoms with Crippen LogP contribution in [0.3, 0.4) is 0 Å². The number of benzene rings is 2. The fourth-order valence-electron chi connectivity index (χ4n) is 4.15. The molecule has 6 heteroatoms. The standard InChI is InChI=1S/C26H29N3O3/c1-18-15-29(16-19(2)32-18)17-21-10-8-20(9-11-21)14-27-25(30)23-12-13-24(28-26(23)31)22-6-4-3-5-7-22/h3-13,18-19H,14-17H2,1-2H3,(H,27,30)(H,28,31). The molecule has 32 heavy (non-hydrogen) atoms. The van der Waals surface area contributed by atoms with E-state index in [2.05, 4.69) is 41.2 Å². The van der Waals surface area contributed by atoms with Crippen molar-refractivity contribution in [2.45, 2.75) is 39.1 Å². The monoisotopic (exact) mass is 431 g/mol. The van der Waals surface area contributed by atoms with Gasteiger partial charge in [-0.15, -0.1) is 0 Å². The van der Waals surface area contributed by atoms with Crippen molar-refractivity contribution in [1.29, 1.82) is 0 Å². The van der Waals surface area contributed by atoms with Gasteiger partial charge in [-0.05, 0) is 42.7 Å². The largest absolute Gasteiger partial charge is 0.373 e. The first-order chi connectivity index (χ1) is 15.5. The highest BCUT2D eigenvalue weighted by atomic mass is 16.5. The molecule has 2 unspecified atom stereocenters. The summed E-state index contributed by atoms with van der Waals surface area (Å²) in [4.78, 5) is 30.1. The molecule has 0 saturated carbocycles. The molecule has 1 saturated heterocycles. The second-order valence-corrected chi connectivity index (χ2v) is 8.43. The Bertz CT molecular complexity index is 1100. The molecule has 1 amide bonds. The van der Waals surface area contributed by atoms with Crippen LogP contribution in [0, 0.1) is 0 Å². The second kappa shape index (κ2) is 9.94. The Morgan fingerprint density at radius 1 is 0.969 bits per heavy atom. The Morgan fingerprint density at radius 3 is 2.28 bits per heavy atom. The van der Waals surface area contributed by atoms with Crippen LogP contribution in [0.5, 0.6) is 0 Å². The minimum absolute atomic E-state index is 0.108. The summed E-state index contributed by atoms with van der Waals surface area (Å²) in [5, 5.41) is 2.84. The molecule has 6 nitrogen and oxygen atoms in total. The summed E-state index contributed by atoms with van der Waals surface area (Å²) >= 11 is 0. The van der Waals surface area contributed by atoms with Crippen LogP contribution in [0.15, 0.2) is 71.5 Å². The third-order valence-electron chi connectivity index (χ3n) is 5.62. The number of rotatable bonds is 6. The topological polar surface area (TPSA) is 74.4 Å². The molecule has 3 aromatic rings. The predicted molar refractivity (Wildman–Crippen MR) is 125 cm³/mol. The Hall–Kier alpha value is -3.22. The van der Waals surface area contributed by atoms with Gasteiger partial charge in [0.15, 0.2) is 0 Å². The number of aromatic nitrogens is 1. The van der Waals surface area contributed by atoms with Crippen molar-refractivity contribution in [3.8, 4) is 11.3 Å². The lowest BCUT2D eigenvalue weighted by Gasteiger charge is -2.35. The van der Waals surface area contributed by atoms with Crippen LogP contribution < -0.4 is 10.9 Å². The first kappa shape index (κ1) is 22.0. The quantitative estimate of drug-likeness (QED) is 0.626. The number of nitrogens with one attached hydrogen (secondary N) is 2. The molecule has 2 atom stereocenters.